The average Bonchev–Trinajstić information content (AvgIpc) is 3.30. The largest absolute Gasteiger partial charge is 0.352 e. The number of benzene rings is 2. The van der Waals surface area contributed by atoms with Gasteiger partial charge in [0.1, 0.15) is 12.6 Å². The number of rotatable bonds is 10. The zero-order valence-corrected chi connectivity index (χ0v) is 23.0. The van der Waals surface area contributed by atoms with Crippen LogP contribution in [0.5, 0.6) is 0 Å². The van der Waals surface area contributed by atoms with Crippen LogP contribution in [0.2, 0.25) is 5.02 Å². The van der Waals surface area contributed by atoms with Gasteiger partial charge in [-0.25, -0.2) is 8.42 Å². The second-order valence-electron chi connectivity index (χ2n) is 9.64. The number of nitrogens with one attached hydrogen (secondary N) is 1. The van der Waals surface area contributed by atoms with Crippen LogP contribution in [0, 0.1) is 13.8 Å². The Kier molecular flexibility index (Phi) is 9.41. The zero-order valence-electron chi connectivity index (χ0n) is 21.5. The van der Waals surface area contributed by atoms with Crippen molar-refractivity contribution in [3.63, 3.8) is 0 Å². The molecule has 1 N–H and O–H groups in total. The van der Waals surface area contributed by atoms with E-state index in [4.69, 9.17) is 11.6 Å². The lowest BCUT2D eigenvalue weighted by molar-refractivity contribution is -0.140. The number of carbonyl (C=O) groups is 2. The van der Waals surface area contributed by atoms with Gasteiger partial charge in [-0.3, -0.25) is 13.9 Å². The molecule has 2 aromatic carbocycles. The molecule has 36 heavy (non-hydrogen) atoms. The second-order valence-corrected chi connectivity index (χ2v) is 12.0. The Labute approximate surface area is 219 Å². The molecule has 1 fully saturated rings. The number of halogens is 1. The van der Waals surface area contributed by atoms with E-state index in [1.807, 2.05) is 39.0 Å². The smallest absolute Gasteiger partial charge is 0.244 e. The maximum absolute atomic E-state index is 13.8. The minimum Gasteiger partial charge on any atom is -0.352 e. The van der Waals surface area contributed by atoms with Crippen LogP contribution < -0.4 is 9.62 Å². The summed E-state index contributed by atoms with van der Waals surface area (Å²) < 4.78 is 26.7. The SMILES string of the molecule is CC[C@H](C(=O)NC1CCCC1)N(Cc1ccccc1Cl)C(=O)CN(c1cc(C)cc(C)c1)S(C)(=O)=O. The molecular formula is C27H36ClN3O4S. The average molecular weight is 534 g/mol. The van der Waals surface area contributed by atoms with Crippen LogP contribution in [-0.2, 0) is 26.2 Å². The Balaban J connectivity index is 1.95. The molecule has 1 aliphatic carbocycles. The van der Waals surface area contributed by atoms with Crippen LogP contribution in [0.3, 0.4) is 0 Å². The number of hydrogen-bond donors (Lipinski definition) is 1. The third-order valence-corrected chi connectivity index (χ3v) is 8.07. The number of carbonyl (C=O) groups excluding carboxylic acids is 2. The number of nitrogens with zero attached hydrogens (tertiary/aromatic N) is 2. The molecule has 1 aliphatic rings. The summed E-state index contributed by atoms with van der Waals surface area (Å²) in [6.45, 7) is 5.29. The molecule has 0 spiro atoms. The molecule has 0 saturated heterocycles. The number of anilines is 1. The van der Waals surface area contributed by atoms with Crippen LogP contribution in [-0.4, -0.2) is 50.0 Å². The summed E-state index contributed by atoms with van der Waals surface area (Å²) in [5.41, 5.74) is 2.89. The van der Waals surface area contributed by atoms with Crippen molar-refractivity contribution in [3.05, 3.63) is 64.2 Å². The van der Waals surface area contributed by atoms with Crippen molar-refractivity contribution in [1.82, 2.24) is 10.2 Å². The molecule has 0 bridgehead atoms. The van der Waals surface area contributed by atoms with E-state index in [1.165, 1.54) is 4.90 Å². The van der Waals surface area contributed by atoms with Gasteiger partial charge in [0.05, 0.1) is 11.9 Å². The quantitative estimate of drug-likeness (QED) is 0.484. The minimum atomic E-state index is -3.77. The van der Waals surface area contributed by atoms with Gasteiger partial charge < -0.3 is 10.2 Å². The fraction of sp³-hybridized carbons (Fsp3) is 0.481. The lowest BCUT2D eigenvalue weighted by Gasteiger charge is -2.33. The van der Waals surface area contributed by atoms with Crippen molar-refractivity contribution < 1.29 is 18.0 Å². The van der Waals surface area contributed by atoms with E-state index in [0.29, 0.717) is 22.7 Å². The number of sulfonamides is 1. The first-order chi connectivity index (χ1) is 17.0. The van der Waals surface area contributed by atoms with E-state index in [0.717, 1.165) is 47.4 Å². The van der Waals surface area contributed by atoms with Crippen molar-refractivity contribution in [1.29, 1.82) is 0 Å². The van der Waals surface area contributed by atoms with Gasteiger partial charge in [-0.05, 0) is 68.0 Å². The molecule has 1 saturated carbocycles. The standard InChI is InChI=1S/C27H36ClN3O4S/c1-5-25(27(33)29-22-11-7-8-12-22)30(17-21-10-6-9-13-24(21)28)26(32)18-31(36(4,34)35)23-15-19(2)14-20(3)16-23/h6,9-10,13-16,22,25H,5,7-8,11-12,17-18H2,1-4H3,(H,29,33)/t25-/m1/s1. The first-order valence-corrected chi connectivity index (χ1v) is 14.6. The van der Waals surface area contributed by atoms with Crippen molar-refractivity contribution in [3.8, 4) is 0 Å². The fourth-order valence-corrected chi connectivity index (χ4v) is 5.83. The summed E-state index contributed by atoms with van der Waals surface area (Å²) in [6.07, 6.45) is 5.47. The Morgan fingerprint density at radius 3 is 2.25 bits per heavy atom. The van der Waals surface area contributed by atoms with Crippen LogP contribution in [0.15, 0.2) is 42.5 Å². The van der Waals surface area contributed by atoms with Gasteiger partial charge >= 0.3 is 0 Å². The van der Waals surface area contributed by atoms with Gasteiger partial charge in [-0.2, -0.15) is 0 Å². The predicted octanol–water partition coefficient (Wildman–Crippen LogP) is 4.59. The number of hydrogen-bond acceptors (Lipinski definition) is 4. The first kappa shape index (κ1) is 28.0. The zero-order chi connectivity index (χ0) is 26.5. The molecule has 9 heteroatoms. The van der Waals surface area contributed by atoms with Crippen LogP contribution >= 0.6 is 11.6 Å². The summed E-state index contributed by atoms with van der Waals surface area (Å²) in [5.74, 6) is -0.685. The summed E-state index contributed by atoms with van der Waals surface area (Å²) in [5, 5.41) is 3.58. The molecule has 0 aliphatic heterocycles. The van der Waals surface area contributed by atoms with Gasteiger partial charge in [0.2, 0.25) is 21.8 Å². The first-order valence-electron chi connectivity index (χ1n) is 12.4. The molecule has 0 radical (unpaired) electrons. The lowest BCUT2D eigenvalue weighted by Crippen LogP contribution is -2.53. The van der Waals surface area contributed by atoms with E-state index in [1.54, 1.807) is 24.3 Å². The predicted molar refractivity (Wildman–Crippen MR) is 145 cm³/mol. The maximum atomic E-state index is 13.8. The van der Waals surface area contributed by atoms with Crippen LogP contribution in [0.1, 0.15) is 55.7 Å². The summed E-state index contributed by atoms with van der Waals surface area (Å²) in [7, 11) is -3.77. The third-order valence-electron chi connectivity index (χ3n) is 6.56. The van der Waals surface area contributed by atoms with Gasteiger partial charge in [0.25, 0.3) is 0 Å². The van der Waals surface area contributed by atoms with E-state index in [-0.39, 0.29) is 18.5 Å². The molecule has 0 aromatic heterocycles. The summed E-state index contributed by atoms with van der Waals surface area (Å²) in [4.78, 5) is 28.6. The van der Waals surface area contributed by atoms with E-state index in [2.05, 4.69) is 5.32 Å². The second kappa shape index (κ2) is 12.1. The Morgan fingerprint density at radius 1 is 1.08 bits per heavy atom. The van der Waals surface area contributed by atoms with E-state index >= 15 is 0 Å². The van der Waals surface area contributed by atoms with Crippen molar-refractivity contribution in [2.45, 2.75) is 71.5 Å². The molecule has 2 aromatic rings. The normalized spacial score (nSPS) is 14.9. The van der Waals surface area contributed by atoms with Crippen molar-refractivity contribution in [2.24, 2.45) is 0 Å². The fourth-order valence-electron chi connectivity index (χ4n) is 4.81. The van der Waals surface area contributed by atoms with Crippen molar-refractivity contribution in [2.75, 3.05) is 17.1 Å². The molecule has 3 rings (SSSR count). The summed E-state index contributed by atoms with van der Waals surface area (Å²) >= 11 is 6.40. The highest BCUT2D eigenvalue weighted by molar-refractivity contribution is 7.92. The molecule has 0 heterocycles. The van der Waals surface area contributed by atoms with E-state index < -0.39 is 28.5 Å². The van der Waals surface area contributed by atoms with E-state index in [9.17, 15) is 18.0 Å². The summed E-state index contributed by atoms with van der Waals surface area (Å²) in [6, 6.07) is 11.9. The number of amides is 2. The van der Waals surface area contributed by atoms with Crippen LogP contribution in [0.4, 0.5) is 5.69 Å². The van der Waals surface area contributed by atoms with Crippen LogP contribution in [0.25, 0.3) is 0 Å². The monoisotopic (exact) mass is 533 g/mol. The molecule has 2 amide bonds. The topological polar surface area (TPSA) is 86.8 Å². The van der Waals surface area contributed by atoms with Gasteiger partial charge in [0.15, 0.2) is 0 Å². The lowest BCUT2D eigenvalue weighted by atomic mass is 10.1. The highest BCUT2D eigenvalue weighted by Crippen LogP contribution is 2.24. The molecular weight excluding hydrogens is 498 g/mol. The molecule has 196 valence electrons. The highest BCUT2D eigenvalue weighted by atomic mass is 35.5. The van der Waals surface area contributed by atoms with Gasteiger partial charge in [-0.15, -0.1) is 0 Å². The number of aryl methyl sites for hydroxylation is 2. The third kappa shape index (κ3) is 7.23. The molecule has 0 unspecified atom stereocenters. The molecule has 1 atom stereocenters. The minimum absolute atomic E-state index is 0.0968. The van der Waals surface area contributed by atoms with Gasteiger partial charge in [0, 0.05) is 17.6 Å². The highest BCUT2D eigenvalue weighted by Gasteiger charge is 2.33. The Bertz CT molecular complexity index is 1180. The Morgan fingerprint density at radius 2 is 1.69 bits per heavy atom. The molecule has 7 nitrogen and oxygen atoms in total. The van der Waals surface area contributed by atoms with Crippen molar-refractivity contribution >= 4 is 39.1 Å². The maximum Gasteiger partial charge on any atom is 0.244 e. The van der Waals surface area contributed by atoms with Gasteiger partial charge in [-0.1, -0.05) is 55.6 Å². The Hall–Kier alpha value is -2.58.